The van der Waals surface area contributed by atoms with Gasteiger partial charge in [0.25, 0.3) is 5.91 Å². The van der Waals surface area contributed by atoms with Crippen molar-refractivity contribution < 1.29 is 18.0 Å². The van der Waals surface area contributed by atoms with Gasteiger partial charge in [-0.1, -0.05) is 51.0 Å². The molecule has 0 spiro atoms. The highest BCUT2D eigenvalue weighted by Gasteiger charge is 2.24. The summed E-state index contributed by atoms with van der Waals surface area (Å²) in [6.07, 6.45) is 3.78. The molecule has 1 atom stereocenters. The Bertz CT molecular complexity index is 1110. The van der Waals surface area contributed by atoms with E-state index in [0.717, 1.165) is 34.8 Å². The van der Waals surface area contributed by atoms with Crippen molar-refractivity contribution in [1.82, 2.24) is 14.6 Å². The van der Waals surface area contributed by atoms with Crippen molar-refractivity contribution in [2.24, 2.45) is 0 Å². The summed E-state index contributed by atoms with van der Waals surface area (Å²) in [7, 11) is 1.59. The standard InChI is InChI=1S/C23H28IN3O4S/c1-4-6-7-12-27(32(29)30)14-19-18(24)13-17-20(22(28)25-3)21(31-23(17)26-19)16-10-8-15(5-2)9-11-16/h8-11,13H,4-7,12,14H2,1-3H3,(H,25,28)(H,29,30). The number of furan rings is 1. The number of aryl methyl sites for hydroxylation is 1. The van der Waals surface area contributed by atoms with Crippen LogP contribution in [-0.2, 0) is 24.2 Å². The Balaban J connectivity index is 2.05. The van der Waals surface area contributed by atoms with E-state index in [9.17, 15) is 13.6 Å². The third-order valence-corrected chi connectivity index (χ3v) is 7.03. The molecule has 3 aromatic rings. The van der Waals surface area contributed by atoms with Crippen LogP contribution >= 0.6 is 22.6 Å². The molecule has 1 aromatic carbocycles. The zero-order valence-corrected chi connectivity index (χ0v) is 21.5. The van der Waals surface area contributed by atoms with Gasteiger partial charge in [-0.3, -0.25) is 9.35 Å². The van der Waals surface area contributed by atoms with E-state index in [-0.39, 0.29) is 12.5 Å². The van der Waals surface area contributed by atoms with Crippen molar-refractivity contribution >= 4 is 50.9 Å². The lowest BCUT2D eigenvalue weighted by Crippen LogP contribution is -2.27. The van der Waals surface area contributed by atoms with Gasteiger partial charge in [0, 0.05) is 22.7 Å². The van der Waals surface area contributed by atoms with Gasteiger partial charge in [-0.15, -0.1) is 0 Å². The number of aromatic nitrogens is 1. The van der Waals surface area contributed by atoms with E-state index in [1.54, 1.807) is 7.05 Å². The van der Waals surface area contributed by atoms with Gasteiger partial charge in [-0.05, 0) is 47.1 Å². The van der Waals surface area contributed by atoms with E-state index in [0.29, 0.717) is 34.7 Å². The van der Waals surface area contributed by atoms with Crippen LogP contribution in [0.3, 0.4) is 0 Å². The number of benzene rings is 1. The summed E-state index contributed by atoms with van der Waals surface area (Å²) >= 11 is 0.0576. The number of rotatable bonds is 10. The molecule has 0 aliphatic rings. The number of carbonyl (C=O) groups is 1. The second-order valence-corrected chi connectivity index (χ2v) is 9.65. The van der Waals surface area contributed by atoms with Gasteiger partial charge in [0.1, 0.15) is 5.76 Å². The molecule has 0 aliphatic carbocycles. The molecule has 0 bridgehead atoms. The Morgan fingerprint density at radius 2 is 1.97 bits per heavy atom. The predicted molar refractivity (Wildman–Crippen MR) is 136 cm³/mol. The van der Waals surface area contributed by atoms with E-state index in [1.807, 2.05) is 30.3 Å². The summed E-state index contributed by atoms with van der Waals surface area (Å²) in [5, 5.41) is 3.31. The highest BCUT2D eigenvalue weighted by atomic mass is 127. The molecule has 0 radical (unpaired) electrons. The number of hydrogen-bond donors (Lipinski definition) is 2. The summed E-state index contributed by atoms with van der Waals surface area (Å²) in [5.74, 6) is 0.217. The Hall–Kier alpha value is -1.82. The second-order valence-electron chi connectivity index (χ2n) is 7.51. The first-order chi connectivity index (χ1) is 15.4. The molecule has 0 saturated carbocycles. The summed E-state index contributed by atoms with van der Waals surface area (Å²) < 4.78 is 29.9. The average Bonchev–Trinajstić information content (AvgIpc) is 3.16. The van der Waals surface area contributed by atoms with E-state index >= 15 is 0 Å². The first-order valence-corrected chi connectivity index (χ1v) is 12.8. The fraction of sp³-hybridized carbons (Fsp3) is 0.391. The fourth-order valence-electron chi connectivity index (χ4n) is 3.51. The first-order valence-electron chi connectivity index (χ1n) is 10.7. The second kappa shape index (κ2) is 11.4. The first kappa shape index (κ1) is 24.8. The summed E-state index contributed by atoms with van der Waals surface area (Å²) in [6, 6.07) is 9.78. The minimum atomic E-state index is -2.09. The van der Waals surface area contributed by atoms with Gasteiger partial charge in [0.15, 0.2) is 0 Å². The van der Waals surface area contributed by atoms with Gasteiger partial charge >= 0.3 is 0 Å². The molecule has 32 heavy (non-hydrogen) atoms. The lowest BCUT2D eigenvalue weighted by molar-refractivity contribution is 0.0964. The summed E-state index contributed by atoms with van der Waals surface area (Å²) in [4.78, 5) is 17.4. The maximum Gasteiger partial charge on any atom is 0.255 e. The normalized spacial score (nSPS) is 12.4. The lowest BCUT2D eigenvalue weighted by Gasteiger charge is -2.17. The van der Waals surface area contributed by atoms with Crippen molar-refractivity contribution in [3.63, 3.8) is 0 Å². The minimum Gasteiger partial charge on any atom is -0.437 e. The number of nitrogens with one attached hydrogen (secondary N) is 1. The molecule has 2 aromatic heterocycles. The van der Waals surface area contributed by atoms with Crippen LogP contribution in [0.4, 0.5) is 0 Å². The van der Waals surface area contributed by atoms with Gasteiger partial charge < -0.3 is 9.73 Å². The van der Waals surface area contributed by atoms with Gasteiger partial charge in [0.2, 0.25) is 17.0 Å². The van der Waals surface area contributed by atoms with Crippen LogP contribution in [0, 0.1) is 3.57 Å². The maximum absolute atomic E-state index is 12.7. The highest BCUT2D eigenvalue weighted by molar-refractivity contribution is 14.1. The number of carbonyl (C=O) groups excluding carboxylic acids is 1. The molecule has 2 N–H and O–H groups in total. The van der Waals surface area contributed by atoms with Crippen molar-refractivity contribution in [2.75, 3.05) is 13.6 Å². The largest absolute Gasteiger partial charge is 0.437 e. The molecule has 1 unspecified atom stereocenters. The van der Waals surface area contributed by atoms with Crippen LogP contribution < -0.4 is 5.32 Å². The molecule has 2 heterocycles. The van der Waals surface area contributed by atoms with E-state index in [2.05, 4.69) is 46.7 Å². The highest BCUT2D eigenvalue weighted by Crippen LogP contribution is 2.34. The number of unbranched alkanes of at least 4 members (excludes halogenated alkanes) is 2. The molecule has 9 heteroatoms. The van der Waals surface area contributed by atoms with Crippen LogP contribution in [-0.4, -0.2) is 37.6 Å². The number of nitrogens with zero attached hydrogens (tertiary/aromatic N) is 2. The maximum atomic E-state index is 12.7. The average molecular weight is 569 g/mol. The molecule has 7 nitrogen and oxygen atoms in total. The lowest BCUT2D eigenvalue weighted by atomic mass is 10.0. The fourth-order valence-corrected chi connectivity index (χ4v) is 4.63. The number of pyridine rings is 1. The molecule has 0 aliphatic heterocycles. The third-order valence-electron chi connectivity index (χ3n) is 5.35. The van der Waals surface area contributed by atoms with Crippen LogP contribution in [0.25, 0.3) is 22.4 Å². The molecule has 1 amide bonds. The third kappa shape index (κ3) is 5.56. The number of halogens is 1. The van der Waals surface area contributed by atoms with Crippen molar-refractivity contribution in [2.45, 2.75) is 46.1 Å². The molecule has 0 saturated heterocycles. The monoisotopic (exact) mass is 569 g/mol. The molecular formula is C23H28IN3O4S. The molecule has 0 fully saturated rings. The van der Waals surface area contributed by atoms with Crippen molar-refractivity contribution in [3.8, 4) is 11.3 Å². The number of amides is 1. The zero-order valence-electron chi connectivity index (χ0n) is 18.5. The minimum absolute atomic E-state index is 0.220. The quantitative estimate of drug-likeness (QED) is 0.200. The van der Waals surface area contributed by atoms with E-state index < -0.39 is 11.3 Å². The summed E-state index contributed by atoms with van der Waals surface area (Å²) in [6.45, 7) is 4.90. The SMILES string of the molecule is CCCCCN(Cc1nc2oc(-c3ccc(CC)cc3)c(C(=O)NC)c2cc1I)S(=O)O. The van der Waals surface area contributed by atoms with Crippen LogP contribution in [0.1, 0.15) is 54.7 Å². The van der Waals surface area contributed by atoms with E-state index in [1.165, 1.54) is 9.87 Å². The van der Waals surface area contributed by atoms with Gasteiger partial charge in [0.05, 0.1) is 23.2 Å². The van der Waals surface area contributed by atoms with Crippen molar-refractivity contribution in [1.29, 1.82) is 0 Å². The smallest absolute Gasteiger partial charge is 0.255 e. The molecular weight excluding hydrogens is 541 g/mol. The van der Waals surface area contributed by atoms with E-state index in [4.69, 9.17) is 4.42 Å². The number of fused-ring (bicyclic) bond motifs is 1. The molecule has 3 rings (SSSR count). The summed E-state index contributed by atoms with van der Waals surface area (Å²) in [5.41, 5.74) is 3.41. The van der Waals surface area contributed by atoms with Gasteiger partial charge in [-0.25, -0.2) is 9.19 Å². The molecule has 172 valence electrons. The van der Waals surface area contributed by atoms with Crippen LogP contribution in [0.2, 0.25) is 0 Å². The number of hydrogen-bond acceptors (Lipinski definition) is 4. The zero-order chi connectivity index (χ0) is 23.3. The Morgan fingerprint density at radius 3 is 2.56 bits per heavy atom. The van der Waals surface area contributed by atoms with Crippen LogP contribution in [0.5, 0.6) is 0 Å². The Kier molecular flexibility index (Phi) is 8.80. The Labute approximate surface area is 204 Å². The van der Waals surface area contributed by atoms with Crippen LogP contribution in [0.15, 0.2) is 34.7 Å². The predicted octanol–water partition coefficient (Wildman–Crippen LogP) is 5.15. The van der Waals surface area contributed by atoms with Gasteiger partial charge in [-0.2, -0.15) is 4.31 Å². The Morgan fingerprint density at radius 1 is 1.25 bits per heavy atom. The topological polar surface area (TPSA) is 95.7 Å². The van der Waals surface area contributed by atoms with Crippen molar-refractivity contribution in [3.05, 3.63) is 50.7 Å².